The van der Waals surface area contributed by atoms with Crippen molar-refractivity contribution in [1.29, 1.82) is 0 Å². The van der Waals surface area contributed by atoms with Crippen LogP contribution in [0.5, 0.6) is 11.5 Å². The minimum Gasteiger partial charge on any atom is -0.486 e. The van der Waals surface area contributed by atoms with Crippen molar-refractivity contribution in [3.63, 3.8) is 0 Å². The first kappa shape index (κ1) is 12.6. The summed E-state index contributed by atoms with van der Waals surface area (Å²) >= 11 is 0. The molecule has 0 bridgehead atoms. The van der Waals surface area contributed by atoms with E-state index in [0.29, 0.717) is 19.1 Å². The highest BCUT2D eigenvalue weighted by atomic mass is 16.6. The first-order chi connectivity index (χ1) is 9.29. The normalized spacial score (nSPS) is 21.2. The van der Waals surface area contributed by atoms with E-state index in [1.165, 1.54) is 24.1 Å². The van der Waals surface area contributed by atoms with Crippen molar-refractivity contribution < 1.29 is 9.47 Å². The molecule has 0 saturated heterocycles. The van der Waals surface area contributed by atoms with E-state index in [1.807, 2.05) is 7.05 Å². The zero-order valence-corrected chi connectivity index (χ0v) is 11.7. The van der Waals surface area contributed by atoms with Gasteiger partial charge in [0.15, 0.2) is 11.5 Å². The van der Waals surface area contributed by atoms with Gasteiger partial charge in [0, 0.05) is 25.3 Å². The van der Waals surface area contributed by atoms with Crippen LogP contribution in [0, 0.1) is 0 Å². The fourth-order valence-electron chi connectivity index (χ4n) is 3.00. The van der Waals surface area contributed by atoms with Gasteiger partial charge in [0.1, 0.15) is 13.2 Å². The second-order valence-electron chi connectivity index (χ2n) is 5.35. The highest BCUT2D eigenvalue weighted by Gasteiger charge is 2.26. The number of hydrogen-bond acceptors (Lipinski definition) is 4. The molecular weight excluding hydrogens is 240 g/mol. The smallest absolute Gasteiger partial charge is 0.163 e. The summed E-state index contributed by atoms with van der Waals surface area (Å²) in [4.78, 5) is 2.32. The Kier molecular flexibility index (Phi) is 3.51. The largest absolute Gasteiger partial charge is 0.486 e. The summed E-state index contributed by atoms with van der Waals surface area (Å²) in [6.45, 7) is 3.48. The highest BCUT2D eigenvalue weighted by Crippen LogP contribution is 2.43. The summed E-state index contributed by atoms with van der Waals surface area (Å²) in [7, 11) is 4.17. The Morgan fingerprint density at radius 2 is 2.00 bits per heavy atom. The summed E-state index contributed by atoms with van der Waals surface area (Å²) in [5, 5.41) is 3.25. The molecule has 0 spiro atoms. The van der Waals surface area contributed by atoms with Crippen molar-refractivity contribution >= 4 is 5.69 Å². The van der Waals surface area contributed by atoms with Crippen molar-refractivity contribution in [3.8, 4) is 11.5 Å². The van der Waals surface area contributed by atoms with E-state index in [1.54, 1.807) is 0 Å². The van der Waals surface area contributed by atoms with Gasteiger partial charge in [-0.2, -0.15) is 0 Å². The minimum absolute atomic E-state index is 0.620. The van der Waals surface area contributed by atoms with Crippen molar-refractivity contribution in [3.05, 3.63) is 17.7 Å². The quantitative estimate of drug-likeness (QED) is 0.903. The van der Waals surface area contributed by atoms with Gasteiger partial charge in [-0.1, -0.05) is 0 Å². The molecule has 0 radical (unpaired) electrons. The molecule has 4 heteroatoms. The van der Waals surface area contributed by atoms with Crippen LogP contribution in [0.3, 0.4) is 0 Å². The maximum atomic E-state index is 5.72. The Labute approximate surface area is 114 Å². The number of nitrogens with zero attached hydrogens (tertiary/aromatic N) is 1. The third-order valence-electron chi connectivity index (χ3n) is 4.10. The molecule has 104 valence electrons. The van der Waals surface area contributed by atoms with Gasteiger partial charge < -0.3 is 19.7 Å². The fraction of sp³-hybridized carbons (Fsp3) is 0.600. The monoisotopic (exact) mass is 262 g/mol. The predicted molar refractivity (Wildman–Crippen MR) is 76.6 cm³/mol. The standard InChI is InChI=1S/C15H22N2O2/c1-16-5-3-11-4-6-17(2)13-10-15-14(9-12(11)13)18-7-8-19-15/h9-11,16H,3-8H2,1-2H3. The van der Waals surface area contributed by atoms with Gasteiger partial charge in [-0.05, 0) is 44.0 Å². The Morgan fingerprint density at radius 3 is 2.74 bits per heavy atom. The van der Waals surface area contributed by atoms with Gasteiger partial charge in [-0.25, -0.2) is 0 Å². The van der Waals surface area contributed by atoms with E-state index < -0.39 is 0 Å². The molecule has 2 aliphatic rings. The molecule has 1 aromatic carbocycles. The molecule has 2 aliphatic heterocycles. The third kappa shape index (κ3) is 2.37. The molecule has 0 aliphatic carbocycles. The predicted octanol–water partition coefficient (Wildman–Crippen LogP) is 1.99. The molecule has 0 saturated carbocycles. The van der Waals surface area contributed by atoms with Crippen LogP contribution in [0.15, 0.2) is 12.1 Å². The topological polar surface area (TPSA) is 33.7 Å². The Hall–Kier alpha value is -1.42. The molecule has 1 unspecified atom stereocenters. The lowest BCUT2D eigenvalue weighted by Gasteiger charge is -2.34. The summed E-state index contributed by atoms with van der Waals surface area (Å²) < 4.78 is 11.4. The van der Waals surface area contributed by atoms with Crippen LogP contribution < -0.4 is 19.7 Å². The maximum Gasteiger partial charge on any atom is 0.163 e. The second-order valence-corrected chi connectivity index (χ2v) is 5.35. The van der Waals surface area contributed by atoms with Crippen LogP contribution in [-0.2, 0) is 0 Å². The molecule has 0 fully saturated rings. The number of anilines is 1. The zero-order valence-electron chi connectivity index (χ0n) is 11.7. The molecule has 0 aromatic heterocycles. The second kappa shape index (κ2) is 5.29. The number of fused-ring (bicyclic) bond motifs is 2. The molecule has 1 atom stereocenters. The van der Waals surface area contributed by atoms with Gasteiger partial charge in [-0.15, -0.1) is 0 Å². The number of nitrogens with one attached hydrogen (secondary N) is 1. The fourth-order valence-corrected chi connectivity index (χ4v) is 3.00. The summed E-state index contributed by atoms with van der Waals surface area (Å²) in [5.41, 5.74) is 2.71. The number of rotatable bonds is 3. The first-order valence-corrected chi connectivity index (χ1v) is 7.09. The SMILES string of the molecule is CNCCC1CCN(C)c2cc3c(cc21)OCCO3. The molecule has 1 aromatic rings. The molecule has 2 heterocycles. The average molecular weight is 262 g/mol. The van der Waals surface area contributed by atoms with Crippen molar-refractivity contribution in [2.75, 3.05) is 45.3 Å². The van der Waals surface area contributed by atoms with Gasteiger partial charge in [0.2, 0.25) is 0 Å². The number of ether oxygens (including phenoxy) is 2. The van der Waals surface area contributed by atoms with Gasteiger partial charge in [0.05, 0.1) is 0 Å². The lowest BCUT2D eigenvalue weighted by atomic mass is 9.87. The Bertz CT molecular complexity index is 462. The van der Waals surface area contributed by atoms with E-state index in [9.17, 15) is 0 Å². The molecule has 4 nitrogen and oxygen atoms in total. The van der Waals surface area contributed by atoms with Crippen LogP contribution in [0.4, 0.5) is 5.69 Å². The van der Waals surface area contributed by atoms with Crippen LogP contribution in [0.25, 0.3) is 0 Å². The van der Waals surface area contributed by atoms with Crippen molar-refractivity contribution in [1.82, 2.24) is 5.32 Å². The molecule has 0 amide bonds. The lowest BCUT2D eigenvalue weighted by molar-refractivity contribution is 0.171. The zero-order chi connectivity index (χ0) is 13.2. The van der Waals surface area contributed by atoms with Crippen LogP contribution in [0.2, 0.25) is 0 Å². The Balaban J connectivity index is 1.95. The number of benzene rings is 1. The average Bonchev–Trinajstić information content (AvgIpc) is 2.45. The highest BCUT2D eigenvalue weighted by molar-refractivity contribution is 5.64. The van der Waals surface area contributed by atoms with Crippen molar-refractivity contribution in [2.45, 2.75) is 18.8 Å². The van der Waals surface area contributed by atoms with E-state index in [4.69, 9.17) is 9.47 Å². The summed E-state index contributed by atoms with van der Waals surface area (Å²) in [5.74, 6) is 2.43. The Morgan fingerprint density at radius 1 is 1.26 bits per heavy atom. The third-order valence-corrected chi connectivity index (χ3v) is 4.10. The number of hydrogen-bond donors (Lipinski definition) is 1. The summed E-state index contributed by atoms with van der Waals surface area (Å²) in [6.07, 6.45) is 2.39. The molecule has 3 rings (SSSR count). The van der Waals surface area contributed by atoms with E-state index in [-0.39, 0.29) is 0 Å². The first-order valence-electron chi connectivity index (χ1n) is 7.09. The maximum absolute atomic E-state index is 5.72. The van der Waals surface area contributed by atoms with Gasteiger partial charge in [-0.3, -0.25) is 0 Å². The minimum atomic E-state index is 0.620. The van der Waals surface area contributed by atoms with Crippen molar-refractivity contribution in [2.24, 2.45) is 0 Å². The molecular formula is C15H22N2O2. The van der Waals surface area contributed by atoms with E-state index in [0.717, 1.165) is 24.6 Å². The summed E-state index contributed by atoms with van der Waals surface area (Å²) in [6, 6.07) is 4.34. The van der Waals surface area contributed by atoms with E-state index in [2.05, 4.69) is 29.4 Å². The molecule has 1 N–H and O–H groups in total. The van der Waals surface area contributed by atoms with Gasteiger partial charge >= 0.3 is 0 Å². The van der Waals surface area contributed by atoms with Crippen LogP contribution in [-0.4, -0.2) is 40.4 Å². The van der Waals surface area contributed by atoms with Gasteiger partial charge in [0.25, 0.3) is 0 Å². The van der Waals surface area contributed by atoms with E-state index >= 15 is 0 Å². The van der Waals surface area contributed by atoms with Crippen LogP contribution in [0.1, 0.15) is 24.3 Å². The lowest BCUT2D eigenvalue weighted by Crippen LogP contribution is -2.29. The molecule has 19 heavy (non-hydrogen) atoms. The van der Waals surface area contributed by atoms with Crippen LogP contribution >= 0.6 is 0 Å².